The molecule has 2 aromatic heterocycles. The molecule has 0 saturated carbocycles. The summed E-state index contributed by atoms with van der Waals surface area (Å²) in [5, 5.41) is 7.35. The second-order valence-electron chi connectivity index (χ2n) is 9.66. The highest BCUT2D eigenvalue weighted by molar-refractivity contribution is 7.23. The van der Waals surface area contributed by atoms with E-state index in [0.717, 1.165) is 62.6 Å². The Morgan fingerprint density at radius 1 is 0.872 bits per heavy atom. The van der Waals surface area contributed by atoms with Crippen LogP contribution in [0.25, 0.3) is 31.6 Å². The molecule has 0 fully saturated rings. The van der Waals surface area contributed by atoms with Crippen LogP contribution in [0.5, 0.6) is 0 Å². The molecule has 0 atom stereocenters. The number of amides is 1. The Morgan fingerprint density at radius 2 is 1.64 bits per heavy atom. The molecule has 7 rings (SSSR count). The Balaban J connectivity index is 0.00000277. The average Bonchev–Trinajstić information content (AvgIpc) is 3.53. The normalized spacial score (nSPS) is 13.2. The van der Waals surface area contributed by atoms with E-state index < -0.39 is 0 Å². The lowest BCUT2D eigenvalue weighted by Gasteiger charge is -2.27. The molecule has 0 spiro atoms. The van der Waals surface area contributed by atoms with Crippen LogP contribution in [0.1, 0.15) is 26.4 Å². The van der Waals surface area contributed by atoms with E-state index in [0.29, 0.717) is 5.56 Å². The van der Waals surface area contributed by atoms with E-state index in [1.165, 1.54) is 16.0 Å². The molecule has 194 valence electrons. The lowest BCUT2D eigenvalue weighted by atomic mass is 10.0. The molecule has 0 bridgehead atoms. The number of aromatic nitrogens is 1. The third-order valence-electron chi connectivity index (χ3n) is 7.13. The Labute approximate surface area is 241 Å². The molecule has 6 aromatic rings. The van der Waals surface area contributed by atoms with Gasteiger partial charge in [-0.05, 0) is 52.6 Å². The van der Waals surface area contributed by atoms with Crippen molar-refractivity contribution in [3.8, 4) is 10.6 Å². The number of nitrogens with one attached hydrogen (secondary N) is 1. The van der Waals surface area contributed by atoms with Gasteiger partial charge >= 0.3 is 0 Å². The summed E-state index contributed by atoms with van der Waals surface area (Å²) in [4.78, 5) is 22.3. The monoisotopic (exact) mass is 567 g/mol. The number of benzene rings is 4. The number of carbonyl (C=O) groups is 1. The van der Waals surface area contributed by atoms with Crippen LogP contribution < -0.4 is 5.32 Å². The van der Waals surface area contributed by atoms with Crippen LogP contribution in [-0.2, 0) is 19.5 Å². The number of thiophene rings is 1. The molecule has 4 aromatic carbocycles. The molecule has 0 unspecified atom stereocenters. The summed E-state index contributed by atoms with van der Waals surface area (Å²) in [6.07, 6.45) is 0.940. The van der Waals surface area contributed by atoms with Gasteiger partial charge in [-0.1, -0.05) is 72.8 Å². The molecule has 0 radical (unpaired) electrons. The van der Waals surface area contributed by atoms with Gasteiger partial charge in [0.25, 0.3) is 5.91 Å². The number of halogens is 1. The van der Waals surface area contributed by atoms with Gasteiger partial charge in [-0.3, -0.25) is 9.69 Å². The lowest BCUT2D eigenvalue weighted by Crippen LogP contribution is -2.29. The van der Waals surface area contributed by atoms with Crippen molar-refractivity contribution in [3.63, 3.8) is 0 Å². The summed E-state index contributed by atoms with van der Waals surface area (Å²) < 4.78 is 1.16. The van der Waals surface area contributed by atoms with Crippen LogP contribution in [0.2, 0.25) is 0 Å². The number of para-hydroxylation sites is 1. The summed E-state index contributed by atoms with van der Waals surface area (Å²) >= 11 is 3.40. The molecular weight excluding hydrogens is 542 g/mol. The molecule has 39 heavy (non-hydrogen) atoms. The largest absolute Gasteiger partial charge is 0.313 e. The van der Waals surface area contributed by atoms with E-state index >= 15 is 0 Å². The number of anilines is 1. The Bertz CT molecular complexity index is 1760. The SMILES string of the molecule is Cl.O=C(Nc1sc2c(c1-c1nc3ccccc3s1)CCN(Cc1ccccc1)C2)c1ccc2ccccc2c1. The molecule has 0 saturated heterocycles. The maximum atomic E-state index is 13.5. The molecule has 0 aliphatic carbocycles. The number of rotatable bonds is 5. The first-order valence-corrected chi connectivity index (χ1v) is 14.4. The zero-order valence-electron chi connectivity index (χ0n) is 21.1. The number of nitrogens with zero attached hydrogens (tertiary/aromatic N) is 2. The number of hydrogen-bond acceptors (Lipinski definition) is 5. The van der Waals surface area contributed by atoms with Crippen molar-refractivity contribution in [2.24, 2.45) is 0 Å². The first kappa shape index (κ1) is 25.7. The van der Waals surface area contributed by atoms with Crippen molar-refractivity contribution in [3.05, 3.63) is 119 Å². The fourth-order valence-corrected chi connectivity index (χ4v) is 7.63. The minimum absolute atomic E-state index is 0. The molecule has 1 aliphatic rings. The van der Waals surface area contributed by atoms with Crippen LogP contribution in [-0.4, -0.2) is 22.3 Å². The van der Waals surface area contributed by atoms with Crippen molar-refractivity contribution in [2.45, 2.75) is 19.5 Å². The van der Waals surface area contributed by atoms with Gasteiger partial charge < -0.3 is 5.32 Å². The number of thiazole rings is 1. The predicted octanol–water partition coefficient (Wildman–Crippen LogP) is 8.41. The van der Waals surface area contributed by atoms with Crippen molar-refractivity contribution in [1.29, 1.82) is 0 Å². The Morgan fingerprint density at radius 3 is 2.49 bits per heavy atom. The second kappa shape index (κ2) is 10.9. The van der Waals surface area contributed by atoms with E-state index in [4.69, 9.17) is 4.98 Å². The van der Waals surface area contributed by atoms with Gasteiger partial charge in [0, 0.05) is 35.6 Å². The van der Waals surface area contributed by atoms with Crippen molar-refractivity contribution >= 4 is 67.0 Å². The quantitative estimate of drug-likeness (QED) is 0.227. The van der Waals surface area contributed by atoms with Crippen LogP contribution >= 0.6 is 35.1 Å². The third-order valence-corrected chi connectivity index (χ3v) is 9.32. The fourth-order valence-electron chi connectivity index (χ4n) is 5.23. The van der Waals surface area contributed by atoms with Crippen LogP contribution in [0.3, 0.4) is 0 Å². The maximum Gasteiger partial charge on any atom is 0.256 e. The van der Waals surface area contributed by atoms with Gasteiger partial charge in [0.1, 0.15) is 10.0 Å². The summed E-state index contributed by atoms with van der Waals surface area (Å²) in [7, 11) is 0. The van der Waals surface area contributed by atoms with Crippen LogP contribution in [0.4, 0.5) is 5.00 Å². The summed E-state index contributed by atoms with van der Waals surface area (Å²) in [6.45, 7) is 2.78. The molecule has 1 amide bonds. The zero-order valence-corrected chi connectivity index (χ0v) is 23.5. The van der Waals surface area contributed by atoms with Crippen molar-refractivity contribution in [1.82, 2.24) is 9.88 Å². The summed E-state index contributed by atoms with van der Waals surface area (Å²) in [5.41, 5.74) is 5.41. The Hall–Kier alpha value is -3.55. The van der Waals surface area contributed by atoms with Gasteiger partial charge in [0.05, 0.1) is 10.2 Å². The van der Waals surface area contributed by atoms with Gasteiger partial charge in [-0.25, -0.2) is 4.98 Å². The number of fused-ring (bicyclic) bond motifs is 3. The van der Waals surface area contributed by atoms with E-state index in [2.05, 4.69) is 64.8 Å². The predicted molar refractivity (Wildman–Crippen MR) is 166 cm³/mol. The van der Waals surface area contributed by atoms with Gasteiger partial charge in [-0.2, -0.15) is 0 Å². The van der Waals surface area contributed by atoms with Gasteiger partial charge in [0.15, 0.2) is 0 Å². The Kier molecular flexibility index (Phi) is 7.19. The highest BCUT2D eigenvalue weighted by Gasteiger charge is 2.28. The minimum atomic E-state index is -0.0853. The van der Waals surface area contributed by atoms with Gasteiger partial charge in [-0.15, -0.1) is 35.1 Å². The smallest absolute Gasteiger partial charge is 0.256 e. The average molecular weight is 568 g/mol. The molecule has 1 N–H and O–H groups in total. The third kappa shape index (κ3) is 5.09. The molecular formula is C32H26ClN3OS2. The maximum absolute atomic E-state index is 13.5. The van der Waals surface area contributed by atoms with Gasteiger partial charge in [0.2, 0.25) is 0 Å². The zero-order chi connectivity index (χ0) is 25.5. The summed E-state index contributed by atoms with van der Waals surface area (Å²) in [5.74, 6) is -0.0853. The van der Waals surface area contributed by atoms with E-state index in [1.54, 1.807) is 22.7 Å². The lowest BCUT2D eigenvalue weighted by molar-refractivity contribution is 0.102. The molecule has 3 heterocycles. The number of hydrogen-bond donors (Lipinski definition) is 1. The number of carbonyl (C=O) groups excluding carboxylic acids is 1. The minimum Gasteiger partial charge on any atom is -0.313 e. The highest BCUT2D eigenvalue weighted by atomic mass is 35.5. The van der Waals surface area contributed by atoms with E-state index in [9.17, 15) is 4.79 Å². The van der Waals surface area contributed by atoms with Crippen LogP contribution in [0.15, 0.2) is 97.1 Å². The molecule has 1 aliphatic heterocycles. The molecule has 7 heteroatoms. The standard InChI is InChI=1S/C32H25N3OS2.ClH/c36-30(24-15-14-22-10-4-5-11-23(22)18-24)34-32-29(31-33-26-12-6-7-13-27(26)37-31)25-16-17-35(20-28(25)38-32)19-21-8-2-1-3-9-21;/h1-15,18H,16-17,19-20H2,(H,34,36);1H. The highest BCUT2D eigenvalue weighted by Crippen LogP contribution is 2.46. The second-order valence-corrected chi connectivity index (χ2v) is 11.8. The molecule has 4 nitrogen and oxygen atoms in total. The van der Waals surface area contributed by atoms with Crippen molar-refractivity contribution in [2.75, 3.05) is 11.9 Å². The van der Waals surface area contributed by atoms with E-state index in [-0.39, 0.29) is 18.3 Å². The van der Waals surface area contributed by atoms with E-state index in [1.807, 2.05) is 42.5 Å². The van der Waals surface area contributed by atoms with Crippen molar-refractivity contribution < 1.29 is 4.79 Å². The first-order chi connectivity index (χ1) is 18.7. The first-order valence-electron chi connectivity index (χ1n) is 12.8. The summed E-state index contributed by atoms with van der Waals surface area (Å²) in [6, 6.07) is 32.9. The van der Waals surface area contributed by atoms with Crippen LogP contribution in [0, 0.1) is 0 Å². The topological polar surface area (TPSA) is 45.2 Å². The fraction of sp³-hybridized carbons (Fsp3) is 0.125.